The molecule has 6 heteroatoms. The third-order valence-electron chi connectivity index (χ3n) is 2.69. The summed E-state index contributed by atoms with van der Waals surface area (Å²) in [6.45, 7) is -0.0146. The van der Waals surface area contributed by atoms with E-state index >= 15 is 0 Å². The number of carbonyl (C=O) groups excluding carboxylic acids is 1. The second kappa shape index (κ2) is 4.12. The van der Waals surface area contributed by atoms with E-state index in [2.05, 4.69) is 0 Å². The summed E-state index contributed by atoms with van der Waals surface area (Å²) >= 11 is 0. The van der Waals surface area contributed by atoms with Gasteiger partial charge < -0.3 is 10.0 Å². The van der Waals surface area contributed by atoms with E-state index in [1.807, 2.05) is 0 Å². The molecule has 17 heavy (non-hydrogen) atoms. The Balaban J connectivity index is 2.26. The molecular weight excluding hydrogens is 232 g/mol. The largest absolute Gasteiger partial charge is 0.481 e. The molecule has 0 aliphatic carbocycles. The van der Waals surface area contributed by atoms with Crippen molar-refractivity contribution in [2.45, 2.75) is 6.42 Å². The standard InChI is InChI=1S/C11H9F2NO3/c12-8-2-1-7(4-9(8)13)14-5-6(11(16)17)3-10(14)15/h1-2,4,6H,3,5H2,(H,16,17)/t6-/m1/s1. The van der Waals surface area contributed by atoms with Crippen molar-refractivity contribution in [3.63, 3.8) is 0 Å². The quantitative estimate of drug-likeness (QED) is 0.851. The van der Waals surface area contributed by atoms with E-state index in [9.17, 15) is 18.4 Å². The number of hydrogen-bond acceptors (Lipinski definition) is 2. The van der Waals surface area contributed by atoms with Crippen LogP contribution in [0.3, 0.4) is 0 Å². The van der Waals surface area contributed by atoms with Gasteiger partial charge in [-0.05, 0) is 12.1 Å². The predicted octanol–water partition coefficient (Wildman–Crippen LogP) is 1.40. The lowest BCUT2D eigenvalue weighted by molar-refractivity contribution is -0.141. The first kappa shape index (κ1) is 11.5. The average molecular weight is 241 g/mol. The summed E-state index contributed by atoms with van der Waals surface area (Å²) in [7, 11) is 0. The van der Waals surface area contributed by atoms with Gasteiger partial charge in [-0.15, -0.1) is 0 Å². The van der Waals surface area contributed by atoms with E-state index in [0.29, 0.717) is 0 Å². The highest BCUT2D eigenvalue weighted by Gasteiger charge is 2.35. The number of anilines is 1. The molecule has 90 valence electrons. The fourth-order valence-corrected chi connectivity index (χ4v) is 1.78. The molecule has 4 nitrogen and oxygen atoms in total. The van der Waals surface area contributed by atoms with Gasteiger partial charge >= 0.3 is 5.97 Å². The van der Waals surface area contributed by atoms with Gasteiger partial charge in [-0.3, -0.25) is 9.59 Å². The van der Waals surface area contributed by atoms with Gasteiger partial charge in [-0.1, -0.05) is 0 Å². The van der Waals surface area contributed by atoms with E-state index < -0.39 is 29.4 Å². The highest BCUT2D eigenvalue weighted by molar-refractivity contribution is 5.99. The molecule has 1 heterocycles. The Kier molecular flexibility index (Phi) is 2.79. The smallest absolute Gasteiger partial charge is 0.308 e. The van der Waals surface area contributed by atoms with Crippen molar-refractivity contribution in [1.82, 2.24) is 0 Å². The highest BCUT2D eigenvalue weighted by Crippen LogP contribution is 2.26. The van der Waals surface area contributed by atoms with Crippen molar-refractivity contribution in [2.24, 2.45) is 5.92 Å². The number of carboxylic acids is 1. The van der Waals surface area contributed by atoms with Crippen LogP contribution in [0.4, 0.5) is 14.5 Å². The van der Waals surface area contributed by atoms with Crippen molar-refractivity contribution in [2.75, 3.05) is 11.4 Å². The minimum absolute atomic E-state index is 0.0146. The maximum absolute atomic E-state index is 13.0. The van der Waals surface area contributed by atoms with Crippen LogP contribution in [0.5, 0.6) is 0 Å². The van der Waals surface area contributed by atoms with Crippen LogP contribution >= 0.6 is 0 Å². The third-order valence-corrected chi connectivity index (χ3v) is 2.69. The maximum atomic E-state index is 13.0. The van der Waals surface area contributed by atoms with E-state index in [1.54, 1.807) is 0 Å². The number of nitrogens with zero attached hydrogens (tertiary/aromatic N) is 1. The Bertz CT molecular complexity index is 490. The predicted molar refractivity (Wildman–Crippen MR) is 54.5 cm³/mol. The molecule has 1 aromatic rings. The Labute approximate surface area is 95.5 Å². The van der Waals surface area contributed by atoms with E-state index in [0.717, 1.165) is 17.0 Å². The Morgan fingerprint density at radius 2 is 2.06 bits per heavy atom. The number of halogens is 2. The zero-order valence-corrected chi connectivity index (χ0v) is 8.69. The Morgan fingerprint density at radius 3 is 2.59 bits per heavy atom. The monoisotopic (exact) mass is 241 g/mol. The zero-order chi connectivity index (χ0) is 12.6. The molecule has 0 bridgehead atoms. The summed E-state index contributed by atoms with van der Waals surface area (Å²) in [4.78, 5) is 23.4. The molecule has 1 aromatic carbocycles. The lowest BCUT2D eigenvalue weighted by Crippen LogP contribution is -2.25. The van der Waals surface area contributed by atoms with E-state index in [1.165, 1.54) is 6.07 Å². The second-order valence-corrected chi connectivity index (χ2v) is 3.84. The molecule has 0 spiro atoms. The summed E-state index contributed by atoms with van der Waals surface area (Å²) in [6, 6.07) is 3.05. The van der Waals surface area contributed by atoms with Gasteiger partial charge in [0.05, 0.1) is 5.92 Å². The lowest BCUT2D eigenvalue weighted by Gasteiger charge is -2.16. The molecule has 1 aliphatic heterocycles. The van der Waals surface area contributed by atoms with Gasteiger partial charge in [0.2, 0.25) is 5.91 Å². The van der Waals surface area contributed by atoms with Crippen LogP contribution in [0.25, 0.3) is 0 Å². The SMILES string of the molecule is O=C(O)[C@@H]1CC(=O)N(c2ccc(F)c(F)c2)C1. The Morgan fingerprint density at radius 1 is 1.35 bits per heavy atom. The van der Waals surface area contributed by atoms with Gasteiger partial charge in [0.15, 0.2) is 11.6 Å². The fraction of sp³-hybridized carbons (Fsp3) is 0.273. The van der Waals surface area contributed by atoms with Gasteiger partial charge in [-0.25, -0.2) is 8.78 Å². The molecule has 1 saturated heterocycles. The molecule has 1 amide bonds. The van der Waals surface area contributed by atoms with Crippen LogP contribution in [0.15, 0.2) is 18.2 Å². The van der Waals surface area contributed by atoms with Crippen molar-refractivity contribution in [1.29, 1.82) is 0 Å². The number of rotatable bonds is 2. The first-order chi connectivity index (χ1) is 7.99. The molecule has 2 rings (SSSR count). The summed E-state index contributed by atoms with van der Waals surface area (Å²) in [6.07, 6.45) is -0.117. The van der Waals surface area contributed by atoms with E-state index in [4.69, 9.17) is 5.11 Å². The molecule has 1 atom stereocenters. The van der Waals surface area contributed by atoms with Crippen LogP contribution in [0.1, 0.15) is 6.42 Å². The second-order valence-electron chi connectivity index (χ2n) is 3.84. The summed E-state index contributed by atoms with van der Waals surface area (Å²) < 4.78 is 25.7. The minimum Gasteiger partial charge on any atom is -0.481 e. The zero-order valence-electron chi connectivity index (χ0n) is 8.69. The summed E-state index contributed by atoms with van der Waals surface area (Å²) in [5.41, 5.74) is 0.178. The summed E-state index contributed by atoms with van der Waals surface area (Å²) in [5, 5.41) is 8.78. The van der Waals surface area contributed by atoms with Crippen LogP contribution in [0, 0.1) is 17.6 Å². The molecule has 0 saturated carbocycles. The van der Waals surface area contributed by atoms with Crippen molar-refractivity contribution >= 4 is 17.6 Å². The molecule has 0 aromatic heterocycles. The number of carbonyl (C=O) groups is 2. The number of hydrogen-bond donors (Lipinski definition) is 1. The topological polar surface area (TPSA) is 57.6 Å². The number of aliphatic carboxylic acids is 1. The normalized spacial score (nSPS) is 19.8. The number of benzene rings is 1. The van der Waals surface area contributed by atoms with Crippen LogP contribution < -0.4 is 4.90 Å². The number of carboxylic acid groups (broad SMARTS) is 1. The fourth-order valence-electron chi connectivity index (χ4n) is 1.78. The van der Waals surface area contributed by atoms with Gasteiger partial charge in [0, 0.05) is 24.7 Å². The van der Waals surface area contributed by atoms with Crippen LogP contribution in [-0.2, 0) is 9.59 Å². The molecule has 0 radical (unpaired) electrons. The van der Waals surface area contributed by atoms with Crippen molar-refractivity contribution < 1.29 is 23.5 Å². The molecule has 1 N–H and O–H groups in total. The number of amides is 1. The Hall–Kier alpha value is -1.98. The molecular formula is C11H9F2NO3. The van der Waals surface area contributed by atoms with Crippen LogP contribution in [0.2, 0.25) is 0 Å². The first-order valence-corrected chi connectivity index (χ1v) is 4.97. The van der Waals surface area contributed by atoms with Gasteiger partial charge in [-0.2, -0.15) is 0 Å². The van der Waals surface area contributed by atoms with Gasteiger partial charge in [0.25, 0.3) is 0 Å². The highest BCUT2D eigenvalue weighted by atomic mass is 19.2. The average Bonchev–Trinajstić information content (AvgIpc) is 2.65. The molecule has 1 aliphatic rings. The third kappa shape index (κ3) is 2.11. The van der Waals surface area contributed by atoms with Crippen molar-refractivity contribution in [3.05, 3.63) is 29.8 Å². The summed E-state index contributed by atoms with van der Waals surface area (Å²) in [5.74, 6) is -4.33. The minimum atomic E-state index is -1.07. The first-order valence-electron chi connectivity index (χ1n) is 4.97. The lowest BCUT2D eigenvalue weighted by atomic mass is 10.1. The maximum Gasteiger partial charge on any atom is 0.308 e. The van der Waals surface area contributed by atoms with Crippen molar-refractivity contribution in [3.8, 4) is 0 Å². The van der Waals surface area contributed by atoms with E-state index in [-0.39, 0.29) is 18.7 Å². The van der Waals surface area contributed by atoms with Gasteiger partial charge in [0.1, 0.15) is 0 Å². The molecule has 1 fully saturated rings. The van der Waals surface area contributed by atoms with Crippen LogP contribution in [-0.4, -0.2) is 23.5 Å². The molecule has 0 unspecified atom stereocenters.